The number of rotatable bonds is 9. The predicted octanol–water partition coefficient (Wildman–Crippen LogP) is 3.36. The number of primary amides is 1. The van der Waals surface area contributed by atoms with Crippen LogP contribution in [0.5, 0.6) is 0 Å². The Morgan fingerprint density at radius 1 is 0.944 bits per heavy atom. The molecule has 54 heavy (non-hydrogen) atoms. The van der Waals surface area contributed by atoms with Gasteiger partial charge in [-0.25, -0.2) is 9.97 Å². The molecule has 4 aromatic rings. The molecule has 1 aromatic heterocycles. The summed E-state index contributed by atoms with van der Waals surface area (Å²) in [5.41, 5.74) is 18.3. The highest BCUT2D eigenvalue weighted by atomic mass is 16.2. The van der Waals surface area contributed by atoms with Crippen molar-refractivity contribution in [3.05, 3.63) is 100 Å². The Morgan fingerprint density at radius 2 is 1.70 bits per heavy atom. The monoisotopic (exact) mass is 730 g/mol. The summed E-state index contributed by atoms with van der Waals surface area (Å²) in [6.07, 6.45) is 6.66. The maximum absolute atomic E-state index is 14.0. The van der Waals surface area contributed by atoms with Crippen molar-refractivity contribution in [1.29, 1.82) is 0 Å². The van der Waals surface area contributed by atoms with Crippen molar-refractivity contribution >= 4 is 35.2 Å². The topological polar surface area (TPSA) is 211 Å². The second kappa shape index (κ2) is 16.8. The normalized spacial score (nSPS) is 16.8. The van der Waals surface area contributed by atoms with Gasteiger partial charge < -0.3 is 32.7 Å². The van der Waals surface area contributed by atoms with Gasteiger partial charge in [-0.1, -0.05) is 67.4 Å². The van der Waals surface area contributed by atoms with E-state index in [0.717, 1.165) is 5.56 Å². The molecular formula is C41H46N8O5. The average Bonchev–Trinajstić information content (AvgIpc) is 3.69. The Hall–Kier alpha value is -5.95. The van der Waals surface area contributed by atoms with Crippen molar-refractivity contribution in [1.82, 2.24) is 25.9 Å². The molecule has 5 amide bonds. The minimum Gasteiger partial charge on any atom is -0.368 e. The summed E-state index contributed by atoms with van der Waals surface area (Å²) < 4.78 is 0. The van der Waals surface area contributed by atoms with Gasteiger partial charge in [0, 0.05) is 23.7 Å². The average molecular weight is 731 g/mol. The number of amides is 5. The summed E-state index contributed by atoms with van der Waals surface area (Å²) >= 11 is 0. The fraction of sp³-hybridized carbons (Fsp3) is 0.341. The lowest BCUT2D eigenvalue weighted by atomic mass is 9.93. The zero-order chi connectivity index (χ0) is 38.4. The van der Waals surface area contributed by atoms with E-state index in [1.807, 2.05) is 37.3 Å². The second-order valence-corrected chi connectivity index (χ2v) is 14.1. The lowest BCUT2D eigenvalue weighted by Gasteiger charge is -2.23. The number of aromatic nitrogens is 2. The van der Waals surface area contributed by atoms with E-state index in [9.17, 15) is 24.0 Å². The van der Waals surface area contributed by atoms with Gasteiger partial charge >= 0.3 is 0 Å². The van der Waals surface area contributed by atoms with E-state index in [4.69, 9.17) is 11.5 Å². The number of nitrogens with one attached hydrogen (secondary N) is 4. The van der Waals surface area contributed by atoms with Crippen LogP contribution in [0.15, 0.2) is 66.9 Å². The molecule has 1 aliphatic heterocycles. The summed E-state index contributed by atoms with van der Waals surface area (Å²) in [7, 11) is 0. The molecule has 13 nitrogen and oxygen atoms in total. The summed E-state index contributed by atoms with van der Waals surface area (Å²) in [4.78, 5) is 74.2. The van der Waals surface area contributed by atoms with E-state index in [-0.39, 0.29) is 43.8 Å². The number of carbonyl (C=O) groups excluding carboxylic acids is 5. The molecule has 6 rings (SSSR count). The first-order chi connectivity index (χ1) is 26.0. The molecule has 1 aliphatic carbocycles. The van der Waals surface area contributed by atoms with Crippen LogP contribution in [0.1, 0.15) is 76.3 Å². The molecule has 280 valence electrons. The van der Waals surface area contributed by atoms with Crippen molar-refractivity contribution in [2.24, 2.45) is 11.5 Å². The molecule has 3 aromatic carbocycles. The number of fused-ring (bicyclic) bond motifs is 5. The SMILES string of the molecule is Cc1cc2cc(c1NC(=O)[C@H](CCN)NC(=O)c1cnc(-c3ccc(C4CCCC4)cc3)nc1C)-c1cccc(c1)CC(=O)NCC(=O)NC(C(N)=O)C2. The van der Waals surface area contributed by atoms with Crippen LogP contribution in [0, 0.1) is 13.8 Å². The third kappa shape index (κ3) is 8.97. The zero-order valence-corrected chi connectivity index (χ0v) is 30.5. The Morgan fingerprint density at radius 3 is 2.41 bits per heavy atom. The lowest BCUT2D eigenvalue weighted by Crippen LogP contribution is -2.49. The fourth-order valence-corrected chi connectivity index (χ4v) is 7.23. The van der Waals surface area contributed by atoms with Crippen molar-refractivity contribution in [3.8, 4) is 22.5 Å². The largest absolute Gasteiger partial charge is 0.368 e. The molecule has 13 heteroatoms. The molecule has 8 N–H and O–H groups in total. The highest BCUT2D eigenvalue weighted by molar-refractivity contribution is 6.04. The third-order valence-corrected chi connectivity index (χ3v) is 10.1. The van der Waals surface area contributed by atoms with Gasteiger partial charge in [0.05, 0.1) is 29.9 Å². The number of hydrogen-bond acceptors (Lipinski definition) is 8. The molecule has 4 bridgehead atoms. The van der Waals surface area contributed by atoms with E-state index in [1.165, 1.54) is 37.4 Å². The van der Waals surface area contributed by atoms with Crippen LogP contribution in [-0.2, 0) is 32.0 Å². The number of nitrogens with two attached hydrogens (primary N) is 2. The van der Waals surface area contributed by atoms with Gasteiger partial charge in [0.2, 0.25) is 23.6 Å². The van der Waals surface area contributed by atoms with E-state index in [1.54, 1.807) is 25.1 Å². The molecule has 0 radical (unpaired) electrons. The summed E-state index contributed by atoms with van der Waals surface area (Å²) in [6, 6.07) is 17.2. The smallest absolute Gasteiger partial charge is 0.255 e. The Balaban J connectivity index is 1.25. The molecule has 2 heterocycles. The van der Waals surface area contributed by atoms with Gasteiger partial charge in [-0.2, -0.15) is 0 Å². The van der Waals surface area contributed by atoms with Crippen LogP contribution < -0.4 is 32.7 Å². The van der Waals surface area contributed by atoms with Gasteiger partial charge in [-0.15, -0.1) is 0 Å². The highest BCUT2D eigenvalue weighted by Gasteiger charge is 2.26. The molecule has 1 unspecified atom stereocenters. The maximum atomic E-state index is 14.0. The van der Waals surface area contributed by atoms with E-state index in [2.05, 4.69) is 43.4 Å². The Kier molecular flexibility index (Phi) is 11.8. The molecule has 0 spiro atoms. The van der Waals surface area contributed by atoms with Crippen LogP contribution in [0.2, 0.25) is 0 Å². The number of nitrogens with zero attached hydrogens (tertiary/aromatic N) is 2. The van der Waals surface area contributed by atoms with Gasteiger partial charge in [0.15, 0.2) is 5.82 Å². The van der Waals surface area contributed by atoms with E-state index < -0.39 is 35.7 Å². The summed E-state index contributed by atoms with van der Waals surface area (Å²) in [5.74, 6) is -1.55. The zero-order valence-electron chi connectivity index (χ0n) is 30.5. The van der Waals surface area contributed by atoms with Crippen LogP contribution in [0.3, 0.4) is 0 Å². The molecule has 2 aliphatic rings. The highest BCUT2D eigenvalue weighted by Crippen LogP contribution is 2.35. The van der Waals surface area contributed by atoms with Crippen molar-refractivity contribution in [3.63, 3.8) is 0 Å². The molecule has 1 fully saturated rings. The van der Waals surface area contributed by atoms with Crippen molar-refractivity contribution in [2.45, 2.75) is 76.8 Å². The number of carbonyl (C=O) groups is 5. The molecule has 0 saturated heterocycles. The van der Waals surface area contributed by atoms with Crippen molar-refractivity contribution < 1.29 is 24.0 Å². The van der Waals surface area contributed by atoms with Crippen molar-refractivity contribution in [2.75, 3.05) is 18.4 Å². The minimum atomic E-state index is -1.04. The first kappa shape index (κ1) is 37.8. The quantitative estimate of drug-likeness (QED) is 0.150. The van der Waals surface area contributed by atoms with Gasteiger partial charge in [-0.05, 0) is 79.5 Å². The second-order valence-electron chi connectivity index (χ2n) is 14.1. The van der Waals surface area contributed by atoms with Crippen LogP contribution in [0.4, 0.5) is 5.69 Å². The minimum absolute atomic E-state index is 0.00213. The first-order valence-electron chi connectivity index (χ1n) is 18.3. The molecule has 1 saturated carbocycles. The summed E-state index contributed by atoms with van der Waals surface area (Å²) in [6.45, 7) is 3.36. The van der Waals surface area contributed by atoms with Crippen LogP contribution >= 0.6 is 0 Å². The number of hydrogen-bond donors (Lipinski definition) is 6. The molecular weight excluding hydrogens is 685 g/mol. The van der Waals surface area contributed by atoms with E-state index in [0.29, 0.717) is 50.9 Å². The van der Waals surface area contributed by atoms with Gasteiger partial charge in [0.1, 0.15) is 12.1 Å². The number of benzene rings is 3. The predicted molar refractivity (Wildman–Crippen MR) is 205 cm³/mol. The lowest BCUT2D eigenvalue weighted by molar-refractivity contribution is -0.128. The Bertz CT molecular complexity index is 2080. The van der Waals surface area contributed by atoms with Crippen LogP contribution in [-0.4, -0.2) is 64.7 Å². The van der Waals surface area contributed by atoms with E-state index >= 15 is 0 Å². The standard InChI is InChI=1S/C41H46N8O5/c1-23-16-26-18-31(30-9-5-6-25(17-30)20-35(50)44-22-36(51)47-34(19-26)38(43)52)37(23)49-41(54)33(14-15-42)48-40(53)32-21-45-39(46-24(32)2)29-12-10-28(11-13-29)27-7-3-4-8-27/h5-6,9-13,16-18,21,27,33-34H,3-4,7-8,14-15,19-20,22,42H2,1-2H3,(H2,43,52)(H,44,50)(H,47,51)(H,48,53)(H,49,54)/t33-,34?/m0/s1. The third-order valence-electron chi connectivity index (χ3n) is 10.1. The first-order valence-corrected chi connectivity index (χ1v) is 18.3. The fourth-order valence-electron chi connectivity index (χ4n) is 7.23. The van der Waals surface area contributed by atoms with Crippen LogP contribution in [0.25, 0.3) is 22.5 Å². The Labute approximate surface area is 314 Å². The molecule has 2 atom stereocenters. The van der Waals surface area contributed by atoms with Gasteiger partial charge in [-0.3, -0.25) is 24.0 Å². The number of anilines is 1. The van der Waals surface area contributed by atoms with Gasteiger partial charge in [0.25, 0.3) is 5.91 Å². The maximum Gasteiger partial charge on any atom is 0.255 e. The summed E-state index contributed by atoms with van der Waals surface area (Å²) in [5, 5.41) is 11.0. The number of aryl methyl sites for hydroxylation is 2.